The molecule has 25 heavy (non-hydrogen) atoms. The Bertz CT molecular complexity index is 816. The number of hydrogen-bond donors (Lipinski definition) is 1. The van der Waals surface area contributed by atoms with Crippen LogP contribution >= 0.6 is 0 Å². The van der Waals surface area contributed by atoms with Gasteiger partial charge in [0.1, 0.15) is 30.0 Å². The molecule has 0 aliphatic heterocycles. The molecule has 0 aliphatic carbocycles. The van der Waals surface area contributed by atoms with Crippen LogP contribution in [0.25, 0.3) is 0 Å². The molecule has 1 unspecified atom stereocenters. The fraction of sp³-hybridized carbons (Fsp3) is 0.143. The summed E-state index contributed by atoms with van der Waals surface area (Å²) in [5, 5.41) is 10.7. The van der Waals surface area contributed by atoms with Crippen LogP contribution in [0.1, 0.15) is 22.8 Å². The average molecular weight is 338 g/mol. The zero-order chi connectivity index (χ0) is 17.6. The summed E-state index contributed by atoms with van der Waals surface area (Å²) in [7, 11) is 1.57. The van der Waals surface area contributed by atoms with Gasteiger partial charge in [-0.15, -0.1) is 0 Å². The van der Waals surface area contributed by atoms with E-state index in [4.69, 9.17) is 9.47 Å². The summed E-state index contributed by atoms with van der Waals surface area (Å²) in [6, 6.07) is 21.0. The molecular formula is C21H19FO3. The van der Waals surface area contributed by atoms with Gasteiger partial charge in [0.05, 0.1) is 12.7 Å². The second kappa shape index (κ2) is 7.81. The molecule has 1 atom stereocenters. The van der Waals surface area contributed by atoms with Crippen molar-refractivity contribution in [2.75, 3.05) is 7.11 Å². The Kier molecular flexibility index (Phi) is 5.31. The summed E-state index contributed by atoms with van der Waals surface area (Å²) in [6.45, 7) is 0.298. The highest BCUT2D eigenvalue weighted by atomic mass is 19.1. The minimum atomic E-state index is -1.13. The first-order valence-corrected chi connectivity index (χ1v) is 7.96. The Morgan fingerprint density at radius 1 is 0.920 bits per heavy atom. The van der Waals surface area contributed by atoms with E-state index in [0.29, 0.717) is 23.7 Å². The molecule has 4 heteroatoms. The summed E-state index contributed by atoms with van der Waals surface area (Å²) in [6.07, 6.45) is -1.13. The zero-order valence-corrected chi connectivity index (χ0v) is 13.9. The first kappa shape index (κ1) is 17.0. The van der Waals surface area contributed by atoms with Crippen LogP contribution in [0, 0.1) is 5.82 Å². The summed E-state index contributed by atoms with van der Waals surface area (Å²) in [4.78, 5) is 0. The molecule has 3 aromatic rings. The predicted molar refractivity (Wildman–Crippen MR) is 94.2 cm³/mol. The normalized spacial score (nSPS) is 11.8. The fourth-order valence-corrected chi connectivity index (χ4v) is 2.60. The zero-order valence-electron chi connectivity index (χ0n) is 13.9. The van der Waals surface area contributed by atoms with Gasteiger partial charge in [-0.1, -0.05) is 48.5 Å². The molecular weight excluding hydrogens is 319 g/mol. The van der Waals surface area contributed by atoms with Gasteiger partial charge in [-0.25, -0.2) is 4.39 Å². The molecule has 0 saturated heterocycles. The molecule has 0 amide bonds. The molecule has 0 aromatic heterocycles. The highest BCUT2D eigenvalue weighted by molar-refractivity contribution is 5.42. The van der Waals surface area contributed by atoms with Gasteiger partial charge in [-0.2, -0.15) is 0 Å². The maximum absolute atomic E-state index is 14.4. The maximum atomic E-state index is 14.4. The first-order valence-electron chi connectivity index (χ1n) is 7.96. The van der Waals surface area contributed by atoms with Crippen molar-refractivity contribution in [2.24, 2.45) is 0 Å². The van der Waals surface area contributed by atoms with Gasteiger partial charge >= 0.3 is 0 Å². The van der Waals surface area contributed by atoms with Crippen LogP contribution in [0.4, 0.5) is 4.39 Å². The van der Waals surface area contributed by atoms with Crippen molar-refractivity contribution in [3.63, 3.8) is 0 Å². The summed E-state index contributed by atoms with van der Waals surface area (Å²) < 4.78 is 25.3. The third kappa shape index (κ3) is 3.98. The molecule has 3 nitrogen and oxygen atoms in total. The first-order chi connectivity index (χ1) is 12.2. The Morgan fingerprint density at radius 2 is 1.64 bits per heavy atom. The van der Waals surface area contributed by atoms with Crippen molar-refractivity contribution >= 4 is 0 Å². The van der Waals surface area contributed by atoms with E-state index in [-0.39, 0.29) is 5.56 Å². The molecule has 0 spiro atoms. The number of rotatable bonds is 6. The van der Waals surface area contributed by atoms with E-state index >= 15 is 0 Å². The standard InChI is InChI=1S/C21H19FO3/c1-24-17-12-10-16(11-13-17)21(23)20-18(22)8-5-9-19(20)25-14-15-6-3-2-4-7-15/h2-13,21,23H,14H2,1H3. The van der Waals surface area contributed by atoms with Crippen LogP contribution in [0.15, 0.2) is 72.8 Å². The smallest absolute Gasteiger partial charge is 0.133 e. The fourth-order valence-electron chi connectivity index (χ4n) is 2.60. The quantitative estimate of drug-likeness (QED) is 0.719. The lowest BCUT2D eigenvalue weighted by molar-refractivity contribution is 0.203. The van der Waals surface area contributed by atoms with E-state index in [9.17, 15) is 9.50 Å². The maximum Gasteiger partial charge on any atom is 0.133 e. The minimum Gasteiger partial charge on any atom is -0.497 e. The van der Waals surface area contributed by atoms with E-state index < -0.39 is 11.9 Å². The number of aliphatic hydroxyl groups is 1. The van der Waals surface area contributed by atoms with Gasteiger partial charge < -0.3 is 14.6 Å². The van der Waals surface area contributed by atoms with E-state index in [1.54, 1.807) is 43.5 Å². The van der Waals surface area contributed by atoms with Gasteiger partial charge in [-0.05, 0) is 35.4 Å². The highest BCUT2D eigenvalue weighted by Crippen LogP contribution is 2.33. The van der Waals surface area contributed by atoms with Crippen LogP contribution in [0.3, 0.4) is 0 Å². The number of ether oxygens (including phenoxy) is 2. The average Bonchev–Trinajstić information content (AvgIpc) is 2.67. The third-order valence-electron chi connectivity index (χ3n) is 3.96. The van der Waals surface area contributed by atoms with Gasteiger partial charge in [0.2, 0.25) is 0 Å². The van der Waals surface area contributed by atoms with Crippen LogP contribution < -0.4 is 9.47 Å². The van der Waals surface area contributed by atoms with Crippen molar-refractivity contribution < 1.29 is 19.0 Å². The number of halogens is 1. The number of hydrogen-bond acceptors (Lipinski definition) is 3. The second-order valence-corrected chi connectivity index (χ2v) is 5.60. The van der Waals surface area contributed by atoms with Crippen molar-refractivity contribution in [1.29, 1.82) is 0 Å². The number of benzene rings is 3. The molecule has 0 saturated carbocycles. The molecule has 1 N–H and O–H groups in total. The monoisotopic (exact) mass is 338 g/mol. The van der Waals surface area contributed by atoms with Gasteiger partial charge in [0.25, 0.3) is 0 Å². The summed E-state index contributed by atoms with van der Waals surface area (Å²) in [5.74, 6) is 0.492. The SMILES string of the molecule is COc1ccc(C(O)c2c(F)cccc2OCc2ccccc2)cc1. The van der Waals surface area contributed by atoms with E-state index in [1.165, 1.54) is 6.07 Å². The predicted octanol–water partition coefficient (Wildman–Crippen LogP) is 4.50. The van der Waals surface area contributed by atoms with E-state index in [2.05, 4.69) is 0 Å². The van der Waals surface area contributed by atoms with Crippen LogP contribution in [0.2, 0.25) is 0 Å². The Morgan fingerprint density at radius 3 is 2.32 bits per heavy atom. The minimum absolute atomic E-state index is 0.128. The molecule has 0 heterocycles. The molecule has 128 valence electrons. The number of methoxy groups -OCH3 is 1. The van der Waals surface area contributed by atoms with Crippen molar-refractivity contribution in [3.8, 4) is 11.5 Å². The molecule has 0 fully saturated rings. The molecule has 3 aromatic carbocycles. The lowest BCUT2D eigenvalue weighted by atomic mass is 10.00. The van der Waals surface area contributed by atoms with Gasteiger partial charge in [0.15, 0.2) is 0 Å². The van der Waals surface area contributed by atoms with E-state index in [0.717, 1.165) is 5.56 Å². The number of aliphatic hydroxyl groups excluding tert-OH is 1. The lowest BCUT2D eigenvalue weighted by Crippen LogP contribution is -2.07. The molecule has 0 radical (unpaired) electrons. The second-order valence-electron chi connectivity index (χ2n) is 5.60. The highest BCUT2D eigenvalue weighted by Gasteiger charge is 2.20. The third-order valence-corrected chi connectivity index (χ3v) is 3.96. The molecule has 0 aliphatic rings. The van der Waals surface area contributed by atoms with Crippen molar-refractivity contribution in [3.05, 3.63) is 95.3 Å². The summed E-state index contributed by atoms with van der Waals surface area (Å²) >= 11 is 0. The van der Waals surface area contributed by atoms with Crippen LogP contribution in [0.5, 0.6) is 11.5 Å². The van der Waals surface area contributed by atoms with E-state index in [1.807, 2.05) is 30.3 Å². The van der Waals surface area contributed by atoms with Crippen LogP contribution in [-0.2, 0) is 6.61 Å². The lowest BCUT2D eigenvalue weighted by Gasteiger charge is -2.18. The van der Waals surface area contributed by atoms with Crippen molar-refractivity contribution in [1.82, 2.24) is 0 Å². The topological polar surface area (TPSA) is 38.7 Å². The Hall–Kier alpha value is -2.85. The van der Waals surface area contributed by atoms with Gasteiger partial charge in [0, 0.05) is 0 Å². The Balaban J connectivity index is 1.86. The molecule has 0 bridgehead atoms. The molecule has 3 rings (SSSR count). The largest absolute Gasteiger partial charge is 0.497 e. The summed E-state index contributed by atoms with van der Waals surface area (Å²) in [5.41, 5.74) is 1.66. The van der Waals surface area contributed by atoms with Crippen LogP contribution in [-0.4, -0.2) is 12.2 Å². The van der Waals surface area contributed by atoms with Crippen molar-refractivity contribution in [2.45, 2.75) is 12.7 Å². The Labute approximate surface area is 146 Å². The van der Waals surface area contributed by atoms with Gasteiger partial charge in [-0.3, -0.25) is 0 Å².